The van der Waals surface area contributed by atoms with Crippen LogP contribution in [0.2, 0.25) is 0 Å². The number of halogens is 1. The maximum absolute atomic E-state index is 10.7. The summed E-state index contributed by atoms with van der Waals surface area (Å²) in [6, 6.07) is 3.27. The Morgan fingerprint density at radius 3 is 2.81 bits per heavy atom. The molecule has 0 aliphatic rings. The van der Waals surface area contributed by atoms with Gasteiger partial charge in [-0.05, 0) is 35.0 Å². The minimum atomic E-state index is 0.152. The molecule has 3 nitrogen and oxygen atoms in total. The fraction of sp³-hybridized carbons (Fsp3) is 0.250. The molecule has 0 aliphatic carbocycles. The van der Waals surface area contributed by atoms with Gasteiger partial charge in [0.25, 0.3) is 0 Å². The minimum absolute atomic E-state index is 0.152. The van der Waals surface area contributed by atoms with Crippen LogP contribution in [0.15, 0.2) is 16.6 Å². The van der Waals surface area contributed by atoms with Crippen molar-refractivity contribution in [3.63, 3.8) is 0 Å². The van der Waals surface area contributed by atoms with Gasteiger partial charge in [0.1, 0.15) is 12.9 Å². The van der Waals surface area contributed by atoms with Crippen LogP contribution in [0.1, 0.15) is 17.3 Å². The van der Waals surface area contributed by atoms with Gasteiger partial charge in [-0.3, -0.25) is 4.79 Å². The van der Waals surface area contributed by atoms with Crippen molar-refractivity contribution in [2.24, 2.45) is 0 Å². The third-order valence-corrected chi connectivity index (χ3v) is 2.36. The molecule has 0 unspecified atom stereocenters. The SMILES string of the molecule is C#CCOc1c(Br)cc(C=O)cc1OCC. The smallest absolute Gasteiger partial charge is 0.176 e. The molecule has 0 heterocycles. The van der Waals surface area contributed by atoms with Crippen LogP contribution in [0.5, 0.6) is 11.5 Å². The van der Waals surface area contributed by atoms with E-state index in [4.69, 9.17) is 15.9 Å². The second-order valence-corrected chi connectivity index (χ2v) is 3.73. The summed E-state index contributed by atoms with van der Waals surface area (Å²) < 4.78 is 11.4. The van der Waals surface area contributed by atoms with Crippen LogP contribution >= 0.6 is 15.9 Å². The van der Waals surface area contributed by atoms with Crippen molar-refractivity contribution < 1.29 is 14.3 Å². The lowest BCUT2D eigenvalue weighted by molar-refractivity contribution is 0.112. The Labute approximate surface area is 103 Å². The first kappa shape index (κ1) is 12.6. The van der Waals surface area contributed by atoms with Crippen LogP contribution in [0, 0.1) is 12.3 Å². The van der Waals surface area contributed by atoms with E-state index < -0.39 is 0 Å². The van der Waals surface area contributed by atoms with Crippen LogP contribution in [0.4, 0.5) is 0 Å². The number of hydrogen-bond donors (Lipinski definition) is 0. The number of carbonyl (C=O) groups excluding carboxylic acids is 1. The molecule has 1 rings (SSSR count). The molecule has 1 aromatic rings. The van der Waals surface area contributed by atoms with Crippen molar-refractivity contribution in [3.05, 3.63) is 22.2 Å². The second kappa shape index (κ2) is 6.19. The minimum Gasteiger partial charge on any atom is -0.490 e. The van der Waals surface area contributed by atoms with E-state index in [1.165, 1.54) is 0 Å². The molecule has 0 aliphatic heterocycles. The first-order chi connectivity index (χ1) is 7.72. The van der Waals surface area contributed by atoms with Crippen molar-refractivity contribution in [1.29, 1.82) is 0 Å². The second-order valence-electron chi connectivity index (χ2n) is 2.87. The lowest BCUT2D eigenvalue weighted by atomic mass is 10.2. The Hall–Kier alpha value is -1.47. The zero-order valence-electron chi connectivity index (χ0n) is 8.83. The van der Waals surface area contributed by atoms with Crippen LogP contribution < -0.4 is 9.47 Å². The molecule has 16 heavy (non-hydrogen) atoms. The third kappa shape index (κ3) is 3.01. The first-order valence-corrected chi connectivity index (χ1v) is 5.50. The highest BCUT2D eigenvalue weighted by atomic mass is 79.9. The number of benzene rings is 1. The molecular formula is C12H11BrO3. The molecule has 84 valence electrons. The van der Waals surface area contributed by atoms with Crippen molar-refractivity contribution >= 4 is 22.2 Å². The molecule has 0 bridgehead atoms. The highest BCUT2D eigenvalue weighted by Crippen LogP contribution is 2.36. The Balaban J connectivity index is 3.12. The summed E-state index contributed by atoms with van der Waals surface area (Å²) in [7, 11) is 0. The van der Waals surface area contributed by atoms with Gasteiger partial charge in [0.2, 0.25) is 0 Å². The van der Waals surface area contributed by atoms with Gasteiger partial charge in [0, 0.05) is 5.56 Å². The monoisotopic (exact) mass is 282 g/mol. The lowest BCUT2D eigenvalue weighted by Gasteiger charge is -2.12. The van der Waals surface area contributed by atoms with Gasteiger partial charge in [0.15, 0.2) is 11.5 Å². The van der Waals surface area contributed by atoms with Gasteiger partial charge in [-0.2, -0.15) is 0 Å². The summed E-state index contributed by atoms with van der Waals surface area (Å²) in [5, 5.41) is 0. The number of carbonyl (C=O) groups is 1. The average molecular weight is 283 g/mol. The quantitative estimate of drug-likeness (QED) is 0.615. The Morgan fingerprint density at radius 1 is 1.50 bits per heavy atom. The Bertz CT molecular complexity index is 421. The topological polar surface area (TPSA) is 35.5 Å². The molecular weight excluding hydrogens is 272 g/mol. The van der Waals surface area contributed by atoms with Gasteiger partial charge in [-0.1, -0.05) is 5.92 Å². The molecule has 4 heteroatoms. The lowest BCUT2D eigenvalue weighted by Crippen LogP contribution is -2.01. The largest absolute Gasteiger partial charge is 0.490 e. The maximum atomic E-state index is 10.7. The van der Waals surface area contributed by atoms with E-state index in [9.17, 15) is 4.79 Å². The van der Waals surface area contributed by atoms with Crippen molar-refractivity contribution in [3.8, 4) is 23.8 Å². The van der Waals surface area contributed by atoms with Crippen LogP contribution in [-0.4, -0.2) is 19.5 Å². The van der Waals surface area contributed by atoms with Gasteiger partial charge >= 0.3 is 0 Å². The summed E-state index contributed by atoms with van der Waals surface area (Å²) in [4.78, 5) is 10.7. The van der Waals surface area contributed by atoms with E-state index in [1.807, 2.05) is 6.92 Å². The fourth-order valence-electron chi connectivity index (χ4n) is 1.17. The number of hydrogen-bond acceptors (Lipinski definition) is 3. The summed E-state index contributed by atoms with van der Waals surface area (Å²) in [5.41, 5.74) is 0.517. The van der Waals surface area contributed by atoms with Gasteiger partial charge in [-0.15, -0.1) is 6.42 Å². The third-order valence-electron chi connectivity index (χ3n) is 1.77. The highest BCUT2D eigenvalue weighted by molar-refractivity contribution is 9.10. The van der Waals surface area contributed by atoms with Gasteiger partial charge < -0.3 is 9.47 Å². The van der Waals surface area contributed by atoms with Crippen LogP contribution in [0.3, 0.4) is 0 Å². The standard InChI is InChI=1S/C12H11BrO3/c1-3-5-16-12-10(13)6-9(8-14)7-11(12)15-4-2/h1,6-8H,4-5H2,2H3. The zero-order valence-corrected chi connectivity index (χ0v) is 10.4. The van der Waals surface area contributed by atoms with Gasteiger partial charge in [0.05, 0.1) is 11.1 Å². The number of terminal acetylenes is 1. The summed E-state index contributed by atoms with van der Waals surface area (Å²) >= 11 is 3.31. The molecule has 0 atom stereocenters. The molecule has 0 fully saturated rings. The van der Waals surface area contributed by atoms with E-state index in [0.717, 1.165) is 6.29 Å². The van der Waals surface area contributed by atoms with E-state index in [2.05, 4.69) is 21.9 Å². The molecule has 0 saturated heterocycles. The van der Waals surface area contributed by atoms with Crippen molar-refractivity contribution in [1.82, 2.24) is 0 Å². The van der Waals surface area contributed by atoms with Crippen LogP contribution in [0.25, 0.3) is 0 Å². The van der Waals surface area contributed by atoms with E-state index in [0.29, 0.717) is 28.1 Å². The summed E-state index contributed by atoms with van der Waals surface area (Å²) in [5.74, 6) is 3.40. The first-order valence-electron chi connectivity index (χ1n) is 4.70. The molecule has 0 spiro atoms. The molecule has 0 aromatic heterocycles. The Morgan fingerprint density at radius 2 is 2.25 bits per heavy atom. The number of aldehydes is 1. The molecule has 0 N–H and O–H groups in total. The number of rotatable bonds is 5. The number of ether oxygens (including phenoxy) is 2. The normalized spacial score (nSPS) is 9.31. The molecule has 0 radical (unpaired) electrons. The zero-order chi connectivity index (χ0) is 12.0. The highest BCUT2D eigenvalue weighted by Gasteiger charge is 2.11. The van der Waals surface area contributed by atoms with Crippen LogP contribution in [-0.2, 0) is 0 Å². The predicted octanol–water partition coefficient (Wildman–Crippen LogP) is 2.67. The average Bonchev–Trinajstić information content (AvgIpc) is 2.28. The van der Waals surface area contributed by atoms with Crippen molar-refractivity contribution in [2.75, 3.05) is 13.2 Å². The van der Waals surface area contributed by atoms with Gasteiger partial charge in [-0.25, -0.2) is 0 Å². The van der Waals surface area contributed by atoms with Crippen molar-refractivity contribution in [2.45, 2.75) is 6.92 Å². The predicted molar refractivity (Wildman–Crippen MR) is 65.0 cm³/mol. The summed E-state index contributed by atoms with van der Waals surface area (Å²) in [6.07, 6.45) is 5.87. The van der Waals surface area contributed by atoms with E-state index in [1.54, 1.807) is 12.1 Å². The maximum Gasteiger partial charge on any atom is 0.176 e. The molecule has 0 saturated carbocycles. The van der Waals surface area contributed by atoms with E-state index >= 15 is 0 Å². The van der Waals surface area contributed by atoms with E-state index in [-0.39, 0.29) is 6.61 Å². The summed E-state index contributed by atoms with van der Waals surface area (Å²) in [6.45, 7) is 2.49. The molecule has 0 amide bonds. The Kier molecular flexibility index (Phi) is 4.87. The fourth-order valence-corrected chi connectivity index (χ4v) is 1.75. The molecule has 1 aromatic carbocycles.